The number of aromatic nitrogens is 1. The minimum absolute atomic E-state index is 0.277. The van der Waals surface area contributed by atoms with Crippen LogP contribution in [-0.2, 0) is 0 Å². The second-order valence-corrected chi connectivity index (χ2v) is 9.31. The molecule has 156 valence electrons. The Hall–Kier alpha value is -3.02. The van der Waals surface area contributed by atoms with Gasteiger partial charge in [0.2, 0.25) is 0 Å². The van der Waals surface area contributed by atoms with E-state index in [4.69, 9.17) is 16.6 Å². The fourth-order valence-corrected chi connectivity index (χ4v) is 4.30. The highest BCUT2D eigenvalue weighted by Crippen LogP contribution is 2.27. The molecule has 0 aliphatic heterocycles. The summed E-state index contributed by atoms with van der Waals surface area (Å²) in [5.74, 6) is 0.180. The molecule has 0 aliphatic carbocycles. The molecule has 2 aromatic carbocycles. The van der Waals surface area contributed by atoms with Crippen molar-refractivity contribution in [1.29, 1.82) is 0 Å². The molecule has 6 heteroatoms. The van der Waals surface area contributed by atoms with Gasteiger partial charge in [0.15, 0.2) is 0 Å². The van der Waals surface area contributed by atoms with E-state index in [1.54, 1.807) is 0 Å². The molecule has 0 saturated carbocycles. The van der Waals surface area contributed by atoms with Gasteiger partial charge in [-0.1, -0.05) is 67.9 Å². The van der Waals surface area contributed by atoms with Gasteiger partial charge >= 0.3 is 0 Å². The summed E-state index contributed by atoms with van der Waals surface area (Å²) in [6, 6.07) is 21.5. The first-order chi connectivity index (χ1) is 14.9. The molecule has 31 heavy (non-hydrogen) atoms. The maximum Gasteiger partial charge on any atom is 0.272 e. The highest BCUT2D eigenvalue weighted by atomic mass is 35.5. The van der Waals surface area contributed by atoms with E-state index in [1.807, 2.05) is 49.4 Å². The first kappa shape index (κ1) is 21.2. The number of hydrogen-bond acceptors (Lipinski definition) is 4. The number of fused-ring (bicyclic) bond motifs is 1. The number of rotatable bonds is 5. The lowest BCUT2D eigenvalue weighted by Crippen LogP contribution is -2.19. The molecule has 1 N–H and O–H groups in total. The minimum Gasteiger partial charge on any atom is -0.267 e. The Kier molecular flexibility index (Phi) is 6.16. The molecule has 0 radical (unpaired) electrons. The average Bonchev–Trinajstić information content (AvgIpc) is 3.23. The average molecular weight is 448 g/mol. The smallest absolute Gasteiger partial charge is 0.267 e. The maximum atomic E-state index is 13.1. The van der Waals surface area contributed by atoms with Gasteiger partial charge in [0.25, 0.3) is 5.91 Å². The third kappa shape index (κ3) is 4.68. The van der Waals surface area contributed by atoms with E-state index >= 15 is 0 Å². The number of carbonyl (C=O) groups excluding carboxylic acids is 1. The van der Waals surface area contributed by atoms with Crippen molar-refractivity contribution in [3.8, 4) is 11.3 Å². The predicted molar refractivity (Wildman–Crippen MR) is 130 cm³/mol. The minimum atomic E-state index is -0.277. The van der Waals surface area contributed by atoms with Crippen LogP contribution >= 0.6 is 22.9 Å². The van der Waals surface area contributed by atoms with Crippen LogP contribution in [0.2, 0.25) is 4.34 Å². The molecule has 0 bridgehead atoms. The highest BCUT2D eigenvalue weighted by molar-refractivity contribution is 7.18. The van der Waals surface area contributed by atoms with E-state index in [0.29, 0.717) is 21.5 Å². The summed E-state index contributed by atoms with van der Waals surface area (Å²) in [5.41, 5.74) is 7.68. The van der Waals surface area contributed by atoms with E-state index < -0.39 is 0 Å². The van der Waals surface area contributed by atoms with Crippen molar-refractivity contribution >= 4 is 45.5 Å². The second kappa shape index (κ2) is 9.00. The summed E-state index contributed by atoms with van der Waals surface area (Å²) < 4.78 is 0.684. The summed E-state index contributed by atoms with van der Waals surface area (Å²) >= 11 is 7.42. The number of halogens is 1. The molecule has 0 unspecified atom stereocenters. The fourth-order valence-electron chi connectivity index (χ4n) is 3.31. The maximum absolute atomic E-state index is 13.1. The summed E-state index contributed by atoms with van der Waals surface area (Å²) in [6.45, 7) is 6.17. The van der Waals surface area contributed by atoms with Crippen LogP contribution in [0.3, 0.4) is 0 Å². The number of nitrogens with zero attached hydrogens (tertiary/aromatic N) is 2. The molecular weight excluding hydrogens is 426 g/mol. The van der Waals surface area contributed by atoms with E-state index in [0.717, 1.165) is 27.0 Å². The van der Waals surface area contributed by atoms with Gasteiger partial charge in [-0.15, -0.1) is 11.3 Å². The molecule has 2 heterocycles. The normalized spacial score (nSPS) is 11.8. The quantitative estimate of drug-likeness (QED) is 0.267. The zero-order chi connectivity index (χ0) is 22.0. The number of amides is 1. The van der Waals surface area contributed by atoms with Crippen molar-refractivity contribution in [3.63, 3.8) is 0 Å². The summed E-state index contributed by atoms with van der Waals surface area (Å²) in [5, 5.41) is 5.06. The summed E-state index contributed by atoms with van der Waals surface area (Å²) in [4.78, 5) is 18.8. The van der Waals surface area contributed by atoms with Crippen LogP contribution < -0.4 is 5.43 Å². The fraction of sp³-hybridized carbons (Fsp3) is 0.160. The Balaban J connectivity index is 1.70. The molecule has 1 amide bonds. The zero-order valence-electron chi connectivity index (χ0n) is 17.5. The van der Waals surface area contributed by atoms with Crippen molar-refractivity contribution < 1.29 is 4.79 Å². The Labute approximate surface area is 190 Å². The lowest BCUT2D eigenvalue weighted by atomic mass is 9.99. The third-order valence-corrected chi connectivity index (χ3v) is 6.43. The monoisotopic (exact) mass is 447 g/mol. The standard InChI is InChI=1S/C25H22ClN3OS/c1-15(2)17-8-10-18(11-9-17)22-14-20(19-6-4-5-7-21(19)27-22)25(30)29-28-16(3)23-12-13-24(26)31-23/h4-15H,1-3H3,(H,29,30). The number of thiophene rings is 1. The molecule has 2 aromatic heterocycles. The first-order valence-electron chi connectivity index (χ1n) is 10.0. The molecule has 4 rings (SSSR count). The van der Waals surface area contributed by atoms with E-state index in [1.165, 1.54) is 16.9 Å². The second-order valence-electron chi connectivity index (χ2n) is 7.59. The van der Waals surface area contributed by atoms with E-state index in [2.05, 4.69) is 48.6 Å². The number of pyridine rings is 1. The lowest BCUT2D eigenvalue weighted by molar-refractivity contribution is 0.0956. The number of benzene rings is 2. The Morgan fingerprint density at radius 2 is 1.81 bits per heavy atom. The largest absolute Gasteiger partial charge is 0.272 e. The van der Waals surface area contributed by atoms with Crippen LogP contribution in [-0.4, -0.2) is 16.6 Å². The highest BCUT2D eigenvalue weighted by Gasteiger charge is 2.14. The van der Waals surface area contributed by atoms with Crippen LogP contribution in [0.25, 0.3) is 22.2 Å². The number of carbonyl (C=O) groups is 1. The van der Waals surface area contributed by atoms with Crippen LogP contribution in [0, 0.1) is 0 Å². The molecular formula is C25H22ClN3OS. The van der Waals surface area contributed by atoms with E-state index in [-0.39, 0.29) is 5.91 Å². The van der Waals surface area contributed by atoms with Gasteiger partial charge in [0.1, 0.15) is 0 Å². The van der Waals surface area contributed by atoms with Crippen molar-refractivity contribution in [2.24, 2.45) is 5.10 Å². The van der Waals surface area contributed by atoms with Crippen LogP contribution in [0.4, 0.5) is 0 Å². The van der Waals surface area contributed by atoms with Crippen molar-refractivity contribution in [1.82, 2.24) is 10.4 Å². The van der Waals surface area contributed by atoms with E-state index in [9.17, 15) is 4.79 Å². The molecule has 0 aliphatic rings. The lowest BCUT2D eigenvalue weighted by Gasteiger charge is -2.10. The SMILES string of the molecule is CC(=NNC(=O)c1cc(-c2ccc(C(C)C)cc2)nc2ccccc12)c1ccc(Cl)s1. The summed E-state index contributed by atoms with van der Waals surface area (Å²) in [6.07, 6.45) is 0. The van der Waals surface area contributed by atoms with Gasteiger partial charge in [0, 0.05) is 10.9 Å². The van der Waals surface area contributed by atoms with Gasteiger partial charge in [-0.3, -0.25) is 4.79 Å². The number of para-hydroxylation sites is 1. The van der Waals surface area contributed by atoms with Crippen molar-refractivity contribution in [3.05, 3.63) is 87.1 Å². The Bertz CT molecular complexity index is 1280. The van der Waals surface area contributed by atoms with Gasteiger partial charge < -0.3 is 0 Å². The molecule has 4 aromatic rings. The molecule has 0 spiro atoms. The third-order valence-electron chi connectivity index (χ3n) is 5.09. The van der Waals surface area contributed by atoms with Gasteiger partial charge in [-0.25, -0.2) is 10.4 Å². The molecule has 4 nitrogen and oxygen atoms in total. The number of hydrazone groups is 1. The van der Waals surface area contributed by atoms with Gasteiger partial charge in [-0.05, 0) is 42.7 Å². The van der Waals surface area contributed by atoms with Gasteiger partial charge in [0.05, 0.1) is 31.7 Å². The van der Waals surface area contributed by atoms with Crippen LogP contribution in [0.1, 0.15) is 47.5 Å². The zero-order valence-corrected chi connectivity index (χ0v) is 19.1. The van der Waals surface area contributed by atoms with Gasteiger partial charge in [-0.2, -0.15) is 5.10 Å². The van der Waals surface area contributed by atoms with Crippen LogP contribution in [0.15, 0.2) is 71.8 Å². The predicted octanol–water partition coefficient (Wildman–Crippen LogP) is 6.89. The number of hydrogen-bond donors (Lipinski definition) is 1. The molecule has 0 atom stereocenters. The molecule has 0 fully saturated rings. The number of nitrogens with one attached hydrogen (secondary N) is 1. The Morgan fingerprint density at radius 3 is 2.48 bits per heavy atom. The van der Waals surface area contributed by atoms with Crippen molar-refractivity contribution in [2.45, 2.75) is 26.7 Å². The van der Waals surface area contributed by atoms with Crippen LogP contribution in [0.5, 0.6) is 0 Å². The first-order valence-corrected chi connectivity index (χ1v) is 11.2. The summed E-state index contributed by atoms with van der Waals surface area (Å²) in [7, 11) is 0. The topological polar surface area (TPSA) is 54.4 Å². The van der Waals surface area contributed by atoms with Crippen molar-refractivity contribution in [2.75, 3.05) is 0 Å². The molecule has 0 saturated heterocycles. The Morgan fingerprint density at radius 1 is 1.06 bits per heavy atom.